The minimum absolute atomic E-state index is 0.0465. The molecule has 0 aliphatic carbocycles. The Morgan fingerprint density at radius 1 is 1.30 bits per heavy atom. The van der Waals surface area contributed by atoms with Gasteiger partial charge in [-0.25, -0.2) is 0 Å². The molecule has 1 saturated heterocycles. The molecule has 7 heteroatoms. The lowest BCUT2D eigenvalue weighted by Gasteiger charge is -2.28. The summed E-state index contributed by atoms with van der Waals surface area (Å²) in [7, 11) is 0. The van der Waals surface area contributed by atoms with Gasteiger partial charge in [-0.1, -0.05) is 23.8 Å². The van der Waals surface area contributed by atoms with E-state index in [4.69, 9.17) is 23.8 Å². The van der Waals surface area contributed by atoms with Gasteiger partial charge in [-0.15, -0.1) is 0 Å². The maximum absolute atomic E-state index is 12.5. The molecule has 1 aliphatic heterocycles. The Balaban J connectivity index is 1.82. The Morgan fingerprint density at radius 3 is 2.61 bits per heavy atom. The summed E-state index contributed by atoms with van der Waals surface area (Å²) >= 11 is 11.2. The Morgan fingerprint density at radius 2 is 1.96 bits per heavy atom. The van der Waals surface area contributed by atoms with Crippen LogP contribution in [0.25, 0.3) is 11.4 Å². The molecule has 1 aromatic carbocycles. The summed E-state index contributed by atoms with van der Waals surface area (Å²) in [5.41, 5.74) is 2.07. The molecule has 0 bridgehead atoms. The van der Waals surface area contributed by atoms with Crippen LogP contribution in [0.1, 0.15) is 12.8 Å². The Bertz CT molecular complexity index is 783. The van der Waals surface area contributed by atoms with Crippen molar-refractivity contribution >= 4 is 29.7 Å². The first-order valence-electron chi connectivity index (χ1n) is 7.40. The molecule has 2 heterocycles. The number of H-pyrrole nitrogens is 1. The first-order valence-corrected chi connectivity index (χ1v) is 8.19. The average molecular weight is 349 g/mol. The van der Waals surface area contributed by atoms with Gasteiger partial charge in [0.1, 0.15) is 6.54 Å². The van der Waals surface area contributed by atoms with Gasteiger partial charge in [0, 0.05) is 23.7 Å². The maximum Gasteiger partial charge on any atom is 0.242 e. The summed E-state index contributed by atoms with van der Waals surface area (Å²) in [5, 5.41) is 7.66. The van der Waals surface area contributed by atoms with Gasteiger partial charge < -0.3 is 4.90 Å². The molecule has 1 aliphatic rings. The monoisotopic (exact) mass is 348 g/mol. The van der Waals surface area contributed by atoms with E-state index in [1.54, 1.807) is 16.7 Å². The van der Waals surface area contributed by atoms with E-state index in [0.717, 1.165) is 31.5 Å². The zero-order valence-electron chi connectivity index (χ0n) is 12.6. The molecule has 2 aromatic rings. The number of benzene rings is 1. The zero-order valence-corrected chi connectivity index (χ0v) is 14.2. The normalized spacial score (nSPS) is 15.0. The highest BCUT2D eigenvalue weighted by Gasteiger charge is 2.20. The number of nitrogens with zero attached hydrogens (tertiary/aromatic N) is 3. The van der Waals surface area contributed by atoms with Crippen LogP contribution in [0.3, 0.4) is 0 Å². The van der Waals surface area contributed by atoms with Crippen molar-refractivity contribution in [3.63, 3.8) is 0 Å². The molecule has 0 atom stereocenters. The fourth-order valence-corrected chi connectivity index (χ4v) is 2.91. The van der Waals surface area contributed by atoms with E-state index in [0.29, 0.717) is 15.6 Å². The number of likely N-dealkylation sites (tertiary alicyclic amines) is 1. The molecule has 0 radical (unpaired) electrons. The van der Waals surface area contributed by atoms with Gasteiger partial charge in [0.2, 0.25) is 5.91 Å². The van der Waals surface area contributed by atoms with Crippen molar-refractivity contribution in [2.75, 3.05) is 13.1 Å². The second-order valence-electron chi connectivity index (χ2n) is 5.58. The second kappa shape index (κ2) is 6.68. The molecule has 0 saturated carbocycles. The topological polar surface area (TPSA) is 53.9 Å². The van der Waals surface area contributed by atoms with Gasteiger partial charge in [0.05, 0.1) is 0 Å². The number of nitrogens with one attached hydrogen (secondary N) is 1. The summed E-state index contributed by atoms with van der Waals surface area (Å²) in [4.78, 5) is 14.4. The van der Waals surface area contributed by atoms with Crippen molar-refractivity contribution in [1.82, 2.24) is 19.7 Å². The number of rotatable bonds is 3. The van der Waals surface area contributed by atoms with E-state index in [2.05, 4.69) is 16.8 Å². The first-order chi connectivity index (χ1) is 11.0. The van der Waals surface area contributed by atoms with Crippen LogP contribution in [0, 0.1) is 4.77 Å². The lowest BCUT2D eigenvalue weighted by molar-refractivity contribution is -0.132. The quantitative estimate of drug-likeness (QED) is 0.683. The second-order valence-corrected chi connectivity index (χ2v) is 6.40. The fraction of sp³-hybridized carbons (Fsp3) is 0.312. The average Bonchev–Trinajstić information content (AvgIpc) is 2.90. The lowest BCUT2D eigenvalue weighted by Crippen LogP contribution is -2.38. The van der Waals surface area contributed by atoms with E-state index in [1.165, 1.54) is 5.57 Å². The Hall–Kier alpha value is -1.92. The summed E-state index contributed by atoms with van der Waals surface area (Å²) in [6.45, 7) is 5.60. The van der Waals surface area contributed by atoms with Gasteiger partial charge in [0.25, 0.3) is 0 Å². The van der Waals surface area contributed by atoms with Crippen molar-refractivity contribution < 1.29 is 4.79 Å². The minimum atomic E-state index is 0.0465. The van der Waals surface area contributed by atoms with Crippen LogP contribution in [-0.2, 0) is 11.3 Å². The number of carbonyl (C=O) groups is 1. The number of piperidine rings is 1. The summed E-state index contributed by atoms with van der Waals surface area (Å²) in [6.07, 6.45) is 1.74. The largest absolute Gasteiger partial charge is 0.341 e. The zero-order chi connectivity index (χ0) is 16.4. The van der Waals surface area contributed by atoms with E-state index in [-0.39, 0.29) is 12.5 Å². The molecule has 3 rings (SSSR count). The van der Waals surface area contributed by atoms with Gasteiger partial charge in [-0.05, 0) is 49.3 Å². The van der Waals surface area contributed by atoms with Gasteiger partial charge in [-0.3, -0.25) is 14.5 Å². The van der Waals surface area contributed by atoms with Crippen molar-refractivity contribution in [2.24, 2.45) is 0 Å². The van der Waals surface area contributed by atoms with Crippen LogP contribution in [0.15, 0.2) is 36.4 Å². The van der Waals surface area contributed by atoms with Crippen LogP contribution < -0.4 is 0 Å². The highest BCUT2D eigenvalue weighted by atomic mass is 35.5. The molecular formula is C16H17ClN4OS. The molecule has 0 unspecified atom stereocenters. The first kappa shape index (κ1) is 16.0. The van der Waals surface area contributed by atoms with Gasteiger partial charge >= 0.3 is 0 Å². The molecule has 0 spiro atoms. The Labute approximate surface area is 144 Å². The van der Waals surface area contributed by atoms with Crippen LogP contribution >= 0.6 is 23.8 Å². The maximum atomic E-state index is 12.5. The van der Waals surface area contributed by atoms with E-state index in [9.17, 15) is 4.79 Å². The van der Waals surface area contributed by atoms with Gasteiger partial charge in [-0.2, -0.15) is 5.10 Å². The van der Waals surface area contributed by atoms with Crippen LogP contribution in [0.2, 0.25) is 5.02 Å². The molecular weight excluding hydrogens is 332 g/mol. The van der Waals surface area contributed by atoms with Crippen LogP contribution in [-0.4, -0.2) is 38.7 Å². The number of hydrogen-bond acceptors (Lipinski definition) is 3. The van der Waals surface area contributed by atoms with Crippen LogP contribution in [0.4, 0.5) is 0 Å². The van der Waals surface area contributed by atoms with Crippen molar-refractivity contribution in [1.29, 1.82) is 0 Å². The molecule has 23 heavy (non-hydrogen) atoms. The predicted octanol–water partition coefficient (Wildman–Crippen LogP) is 3.44. The van der Waals surface area contributed by atoms with Crippen molar-refractivity contribution in [3.8, 4) is 11.4 Å². The van der Waals surface area contributed by atoms with Crippen molar-refractivity contribution in [3.05, 3.63) is 46.2 Å². The number of aromatic nitrogens is 3. The fourth-order valence-electron chi connectivity index (χ4n) is 2.59. The minimum Gasteiger partial charge on any atom is -0.341 e. The smallest absolute Gasteiger partial charge is 0.242 e. The third-order valence-electron chi connectivity index (χ3n) is 3.98. The molecule has 1 aromatic heterocycles. The summed E-state index contributed by atoms with van der Waals surface area (Å²) in [5.74, 6) is 0.687. The number of amides is 1. The van der Waals surface area contributed by atoms with Crippen LogP contribution in [0.5, 0.6) is 0 Å². The number of carbonyl (C=O) groups excluding carboxylic acids is 1. The predicted molar refractivity (Wildman–Crippen MR) is 92.8 cm³/mol. The van der Waals surface area contributed by atoms with Gasteiger partial charge in [0.15, 0.2) is 10.6 Å². The summed E-state index contributed by atoms with van der Waals surface area (Å²) in [6, 6.07) is 7.30. The Kier molecular flexibility index (Phi) is 4.63. The molecule has 1 fully saturated rings. The number of aromatic amines is 1. The SMILES string of the molecule is C=C1CCN(C(=O)Cn2c(-c3ccc(Cl)cc3)n[nH]c2=S)CC1. The number of halogens is 1. The van der Waals surface area contributed by atoms with Crippen molar-refractivity contribution in [2.45, 2.75) is 19.4 Å². The standard InChI is InChI=1S/C16H17ClN4OS/c1-11-6-8-20(9-7-11)14(22)10-21-15(18-19-16(21)23)12-2-4-13(17)5-3-12/h2-5H,1,6-10H2,(H,19,23). The third kappa shape index (κ3) is 3.54. The van der Waals surface area contributed by atoms with E-state index >= 15 is 0 Å². The lowest BCUT2D eigenvalue weighted by atomic mass is 10.1. The highest BCUT2D eigenvalue weighted by Crippen LogP contribution is 2.21. The highest BCUT2D eigenvalue weighted by molar-refractivity contribution is 7.71. The molecule has 1 amide bonds. The third-order valence-corrected chi connectivity index (χ3v) is 4.54. The molecule has 120 valence electrons. The molecule has 5 nitrogen and oxygen atoms in total. The number of hydrogen-bond donors (Lipinski definition) is 1. The summed E-state index contributed by atoms with van der Waals surface area (Å²) < 4.78 is 2.16. The molecule has 1 N–H and O–H groups in total. The van der Waals surface area contributed by atoms with E-state index < -0.39 is 0 Å². The van der Waals surface area contributed by atoms with E-state index in [1.807, 2.05) is 17.0 Å².